The quantitative estimate of drug-likeness (QED) is 0.134. The van der Waals surface area contributed by atoms with Crippen LogP contribution in [0, 0.1) is 0 Å². The first-order valence-electron chi connectivity index (χ1n) is 14.0. The van der Waals surface area contributed by atoms with Gasteiger partial charge in [0.1, 0.15) is 0 Å². The van der Waals surface area contributed by atoms with E-state index in [9.17, 15) is 10.2 Å². The van der Waals surface area contributed by atoms with Crippen LogP contribution in [0.1, 0.15) is 11.1 Å². The first-order valence-corrected chi connectivity index (χ1v) is 21.8. The van der Waals surface area contributed by atoms with Gasteiger partial charge in [0.25, 0.3) is 0 Å². The van der Waals surface area contributed by atoms with Crippen LogP contribution < -0.4 is 34.0 Å². The summed E-state index contributed by atoms with van der Waals surface area (Å²) >= 11 is -4.19. The van der Waals surface area contributed by atoms with Crippen molar-refractivity contribution in [1.82, 2.24) is 0 Å². The molecule has 5 rings (SSSR count). The van der Waals surface area contributed by atoms with Gasteiger partial charge in [-0.25, -0.2) is 0 Å². The van der Waals surface area contributed by atoms with Gasteiger partial charge in [-0.15, -0.1) is 0 Å². The number of aliphatic hydroxyl groups excluding tert-OH is 2. The van der Waals surface area contributed by atoms with Crippen molar-refractivity contribution in [1.29, 1.82) is 0 Å². The van der Waals surface area contributed by atoms with Crippen molar-refractivity contribution in [3.05, 3.63) is 139 Å². The Morgan fingerprint density at radius 2 is 0.844 bits per heavy atom. The van der Waals surface area contributed by atoms with E-state index in [1.165, 1.54) is 0 Å². The maximum absolute atomic E-state index is 15.2. The standard InChI is InChI=1S/2C14H15O4P.C6H5.Bi/c2*1-18-12-4-8-14(9-5-12)19(16,17)13-6-2-11(10-15)3-7-13;1-2-4-6-5-3-1;/h2*2-9,15H,10H2,1H3,(H,16,17);1-5H;/q;;;+2/p-2. The van der Waals surface area contributed by atoms with Crippen molar-refractivity contribution in [3.63, 3.8) is 0 Å². The number of benzene rings is 5. The molecule has 45 heavy (non-hydrogen) atoms. The van der Waals surface area contributed by atoms with Crippen LogP contribution in [0.2, 0.25) is 0 Å². The molecule has 8 nitrogen and oxygen atoms in total. The molecule has 0 bridgehead atoms. The molecule has 11 heteroatoms. The summed E-state index contributed by atoms with van der Waals surface area (Å²) in [5.74, 6) is 1.19. The van der Waals surface area contributed by atoms with E-state index in [0.717, 1.165) is 0 Å². The van der Waals surface area contributed by atoms with Gasteiger partial charge in [0.2, 0.25) is 0 Å². The normalized spacial score (nSPS) is 14.0. The van der Waals surface area contributed by atoms with Gasteiger partial charge in [-0.05, 0) is 0 Å². The Balaban J connectivity index is 1.66. The third kappa shape index (κ3) is 7.48. The van der Waals surface area contributed by atoms with Crippen LogP contribution in [0.3, 0.4) is 0 Å². The molecule has 5 aromatic carbocycles. The van der Waals surface area contributed by atoms with Crippen LogP contribution in [-0.4, -0.2) is 47.1 Å². The Morgan fingerprint density at radius 3 is 1.16 bits per heavy atom. The summed E-state index contributed by atoms with van der Waals surface area (Å²) in [5.41, 5.74) is 1.32. The number of aliphatic hydroxyl groups is 2. The molecule has 0 saturated carbocycles. The molecule has 0 aliphatic heterocycles. The van der Waals surface area contributed by atoms with Gasteiger partial charge in [0.15, 0.2) is 0 Å². The second-order valence-corrected chi connectivity index (χ2v) is 22.3. The van der Waals surface area contributed by atoms with Crippen LogP contribution in [0.4, 0.5) is 0 Å². The zero-order valence-electron chi connectivity index (χ0n) is 24.7. The molecule has 2 N–H and O–H groups in total. The molecule has 0 saturated heterocycles. The predicted molar refractivity (Wildman–Crippen MR) is 178 cm³/mol. The molecule has 5 aromatic rings. The second kappa shape index (κ2) is 15.0. The molecule has 0 aliphatic rings. The molecule has 232 valence electrons. The zero-order chi connectivity index (χ0) is 31.9. The van der Waals surface area contributed by atoms with E-state index >= 15 is 9.13 Å². The van der Waals surface area contributed by atoms with Crippen molar-refractivity contribution >= 4 is 61.9 Å². The summed E-state index contributed by atoms with van der Waals surface area (Å²) < 4.78 is 55.4. The second-order valence-electron chi connectivity index (χ2n) is 9.90. The fourth-order valence-corrected chi connectivity index (χ4v) is 22.5. The summed E-state index contributed by atoms with van der Waals surface area (Å²) in [5, 5.41) is 20.9. The first-order chi connectivity index (χ1) is 21.8. The summed E-state index contributed by atoms with van der Waals surface area (Å²) in [6.07, 6.45) is 0. The molecule has 0 spiro atoms. The van der Waals surface area contributed by atoms with Gasteiger partial charge in [0, 0.05) is 0 Å². The van der Waals surface area contributed by atoms with Gasteiger partial charge in [-0.3, -0.25) is 0 Å². The Morgan fingerprint density at radius 1 is 0.511 bits per heavy atom. The van der Waals surface area contributed by atoms with Crippen LogP contribution in [0.25, 0.3) is 0 Å². The third-order valence-electron chi connectivity index (χ3n) is 7.09. The number of hydrogen-bond donors (Lipinski definition) is 2. The summed E-state index contributed by atoms with van der Waals surface area (Å²) in [7, 11) is -4.59. The van der Waals surface area contributed by atoms with Crippen LogP contribution >= 0.6 is 14.7 Å². The van der Waals surface area contributed by atoms with Gasteiger partial charge in [-0.2, -0.15) is 0 Å². The molecule has 2 unspecified atom stereocenters. The average molecular weight is 841 g/mol. The summed E-state index contributed by atoms with van der Waals surface area (Å²) in [4.78, 5) is 0. The average Bonchev–Trinajstić information content (AvgIpc) is 3.11. The van der Waals surface area contributed by atoms with Gasteiger partial charge >= 0.3 is 273 Å². The minimum absolute atomic E-state index is 0.164. The molecule has 2 atom stereocenters. The molecule has 0 radical (unpaired) electrons. The van der Waals surface area contributed by atoms with E-state index in [0.29, 0.717) is 47.1 Å². The maximum atomic E-state index is 15.2. The van der Waals surface area contributed by atoms with Crippen LogP contribution in [-0.2, 0) is 27.5 Å². The van der Waals surface area contributed by atoms with Crippen LogP contribution in [0.5, 0.6) is 11.5 Å². The number of ether oxygens (including phenoxy) is 2. The Labute approximate surface area is 272 Å². The molecular weight excluding hydrogens is 807 g/mol. The minimum atomic E-state index is -4.19. The molecular formula is C34H33BiO8P2. The van der Waals surface area contributed by atoms with Crippen LogP contribution in [0.15, 0.2) is 127 Å². The Kier molecular flexibility index (Phi) is 11.1. The van der Waals surface area contributed by atoms with E-state index in [1.807, 2.05) is 30.3 Å². The van der Waals surface area contributed by atoms with Crippen molar-refractivity contribution < 1.29 is 34.0 Å². The molecule has 0 aromatic heterocycles. The SMILES string of the molecule is COc1ccc(P(=O)([O][Bi]([O]P(=O)(c2ccc(CO)cc2)c2ccc(OC)cc2)[c]2ccccc2)c2ccc(CO)cc2)cc1. The molecule has 0 amide bonds. The van der Waals surface area contributed by atoms with Gasteiger partial charge in [0.05, 0.1) is 0 Å². The van der Waals surface area contributed by atoms with Gasteiger partial charge in [-0.1, -0.05) is 0 Å². The van der Waals surface area contributed by atoms with Crippen molar-refractivity contribution in [2.24, 2.45) is 0 Å². The van der Waals surface area contributed by atoms with E-state index in [2.05, 4.69) is 0 Å². The molecule has 0 aliphatic carbocycles. The fraction of sp³-hybridized carbons (Fsp3) is 0.118. The Bertz CT molecular complexity index is 1560. The monoisotopic (exact) mass is 840 g/mol. The van der Waals surface area contributed by atoms with Gasteiger partial charge < -0.3 is 0 Å². The van der Waals surface area contributed by atoms with Crippen molar-refractivity contribution in [2.75, 3.05) is 14.2 Å². The van der Waals surface area contributed by atoms with Crippen molar-refractivity contribution in [2.45, 2.75) is 13.2 Å². The topological polar surface area (TPSA) is 112 Å². The third-order valence-corrected chi connectivity index (χ3v) is 23.4. The van der Waals surface area contributed by atoms with Crippen molar-refractivity contribution in [3.8, 4) is 11.5 Å². The van der Waals surface area contributed by atoms with E-state index in [-0.39, 0.29) is 13.2 Å². The molecule has 0 fully saturated rings. The number of methoxy groups -OCH3 is 2. The summed E-state index contributed by atoms with van der Waals surface area (Å²) in [6, 6.07) is 36.4. The summed E-state index contributed by atoms with van der Waals surface area (Å²) in [6.45, 7) is -0.328. The molecule has 0 heterocycles. The van der Waals surface area contributed by atoms with E-state index < -0.39 is 37.4 Å². The predicted octanol–water partition coefficient (Wildman–Crippen LogP) is 4.28. The zero-order valence-corrected chi connectivity index (χ0v) is 30.0. The first kappa shape index (κ1) is 33.3. The van der Waals surface area contributed by atoms with E-state index in [4.69, 9.17) is 14.7 Å². The number of rotatable bonds is 13. The number of hydrogen-bond acceptors (Lipinski definition) is 8. The Hall–Kier alpha value is -3.12. The fourth-order valence-electron chi connectivity index (χ4n) is 4.51. The van der Waals surface area contributed by atoms with E-state index in [1.54, 1.807) is 111 Å².